The van der Waals surface area contributed by atoms with Crippen LogP contribution in [0.3, 0.4) is 0 Å². The molecule has 5 nitrogen and oxygen atoms in total. The number of fused-ring (bicyclic) bond motifs is 1. The number of hydrogen-bond donors (Lipinski definition) is 1. The molecule has 0 atom stereocenters. The van der Waals surface area contributed by atoms with Gasteiger partial charge < -0.3 is 5.11 Å². The summed E-state index contributed by atoms with van der Waals surface area (Å²) in [6, 6.07) is 5.43. The highest BCUT2D eigenvalue weighted by Crippen LogP contribution is 2.18. The van der Waals surface area contributed by atoms with Crippen LogP contribution in [0.5, 0.6) is 0 Å². The molecule has 0 aliphatic carbocycles. The summed E-state index contributed by atoms with van der Waals surface area (Å²) in [5.74, 6) is -0.969. The molecule has 5 heteroatoms. The second-order valence-corrected chi connectivity index (χ2v) is 4.60. The Hall–Kier alpha value is -2.43. The molecule has 0 saturated heterocycles. The van der Waals surface area contributed by atoms with Gasteiger partial charge in [0.2, 0.25) is 0 Å². The fourth-order valence-corrected chi connectivity index (χ4v) is 1.79. The molecule has 2 rings (SSSR count). The first-order valence-electron chi connectivity index (χ1n) is 5.85. The third kappa shape index (κ3) is 2.27. The smallest absolute Gasteiger partial charge is 0.352 e. The highest BCUT2D eigenvalue weighted by Gasteiger charge is 2.12. The van der Waals surface area contributed by atoms with Crippen LogP contribution in [0, 0.1) is 0 Å². The average Bonchev–Trinajstić information content (AvgIpc) is 2.38. The molecule has 0 spiro atoms. The van der Waals surface area contributed by atoms with Gasteiger partial charge in [-0.1, -0.05) is 26.5 Å². The van der Waals surface area contributed by atoms with Gasteiger partial charge in [-0.3, -0.25) is 9.36 Å². The first kappa shape index (κ1) is 13.0. The topological polar surface area (TPSA) is 72.2 Å². The summed E-state index contributed by atoms with van der Waals surface area (Å²) in [5.41, 5.74) is 0.822. The summed E-state index contributed by atoms with van der Waals surface area (Å²) in [7, 11) is 0. The molecule has 0 radical (unpaired) electrons. The largest absolute Gasteiger partial charge is 0.477 e. The Morgan fingerprint density at radius 3 is 2.68 bits per heavy atom. The van der Waals surface area contributed by atoms with Crippen molar-refractivity contribution in [3.05, 3.63) is 47.0 Å². The van der Waals surface area contributed by atoms with Crippen molar-refractivity contribution < 1.29 is 9.90 Å². The number of carbonyl (C=O) groups is 1. The van der Waals surface area contributed by atoms with Crippen molar-refractivity contribution in [3.63, 3.8) is 0 Å². The lowest BCUT2D eigenvalue weighted by Crippen LogP contribution is -2.23. The molecule has 0 saturated carbocycles. The number of nitrogens with zero attached hydrogens (tertiary/aromatic N) is 2. The van der Waals surface area contributed by atoms with E-state index in [1.165, 1.54) is 6.33 Å². The maximum absolute atomic E-state index is 12.2. The van der Waals surface area contributed by atoms with Gasteiger partial charge in [-0.25, -0.2) is 9.78 Å². The second-order valence-electron chi connectivity index (χ2n) is 4.60. The molecule has 1 aromatic carbocycles. The molecule has 98 valence electrons. The molecule has 0 bridgehead atoms. The van der Waals surface area contributed by atoms with Crippen molar-refractivity contribution >= 4 is 22.6 Å². The standard InChI is InChI=1S/C14H14N2O3/c1-8(2)10-4-5-12-11(6-10)13(17)16(7-15-12)9(3)14(18)19/h4-8H,3H2,1-2H3,(H,18,19). The van der Waals surface area contributed by atoms with Crippen LogP contribution in [0.2, 0.25) is 0 Å². The summed E-state index contributed by atoms with van der Waals surface area (Å²) in [5, 5.41) is 9.29. The molecule has 1 heterocycles. The summed E-state index contributed by atoms with van der Waals surface area (Å²) in [6.07, 6.45) is 1.19. The van der Waals surface area contributed by atoms with Gasteiger partial charge in [-0.15, -0.1) is 0 Å². The third-order valence-electron chi connectivity index (χ3n) is 2.99. The van der Waals surface area contributed by atoms with Gasteiger partial charge in [-0.2, -0.15) is 0 Å². The van der Waals surface area contributed by atoms with E-state index in [0.717, 1.165) is 10.1 Å². The van der Waals surface area contributed by atoms with Crippen LogP contribution in [-0.2, 0) is 4.79 Å². The van der Waals surface area contributed by atoms with Gasteiger partial charge in [-0.05, 0) is 23.6 Å². The van der Waals surface area contributed by atoms with Crippen molar-refractivity contribution in [1.29, 1.82) is 0 Å². The molecule has 0 aliphatic heterocycles. The Labute approximate surface area is 109 Å². The van der Waals surface area contributed by atoms with E-state index in [1.54, 1.807) is 12.1 Å². The van der Waals surface area contributed by atoms with E-state index in [2.05, 4.69) is 11.6 Å². The van der Waals surface area contributed by atoms with Crippen LogP contribution in [0.1, 0.15) is 25.3 Å². The predicted molar refractivity (Wildman–Crippen MR) is 73.1 cm³/mol. The molecule has 19 heavy (non-hydrogen) atoms. The van der Waals surface area contributed by atoms with E-state index in [1.807, 2.05) is 19.9 Å². The summed E-state index contributed by atoms with van der Waals surface area (Å²) < 4.78 is 0.953. The quantitative estimate of drug-likeness (QED) is 0.855. The van der Waals surface area contributed by atoms with Crippen LogP contribution in [-0.4, -0.2) is 20.6 Å². The van der Waals surface area contributed by atoms with E-state index in [9.17, 15) is 9.59 Å². The number of benzene rings is 1. The molecular formula is C14H14N2O3. The number of aromatic nitrogens is 2. The van der Waals surface area contributed by atoms with Gasteiger partial charge in [0.1, 0.15) is 12.0 Å². The first-order chi connectivity index (χ1) is 8.91. The van der Waals surface area contributed by atoms with Crippen LogP contribution < -0.4 is 5.56 Å². The van der Waals surface area contributed by atoms with E-state index in [4.69, 9.17) is 5.11 Å². The fraction of sp³-hybridized carbons (Fsp3) is 0.214. The second kappa shape index (κ2) is 4.68. The maximum Gasteiger partial charge on any atom is 0.352 e. The van der Waals surface area contributed by atoms with E-state index < -0.39 is 11.5 Å². The lowest BCUT2D eigenvalue weighted by molar-refractivity contribution is -0.130. The van der Waals surface area contributed by atoms with Gasteiger partial charge in [0.25, 0.3) is 5.56 Å². The van der Waals surface area contributed by atoms with Gasteiger partial charge in [0.05, 0.1) is 10.9 Å². The fourth-order valence-electron chi connectivity index (χ4n) is 1.79. The zero-order valence-corrected chi connectivity index (χ0v) is 10.8. The van der Waals surface area contributed by atoms with Crippen molar-refractivity contribution in [2.45, 2.75) is 19.8 Å². The van der Waals surface area contributed by atoms with E-state index >= 15 is 0 Å². The zero-order valence-electron chi connectivity index (χ0n) is 10.8. The molecule has 1 N–H and O–H groups in total. The van der Waals surface area contributed by atoms with E-state index in [-0.39, 0.29) is 11.6 Å². The lowest BCUT2D eigenvalue weighted by atomic mass is 10.0. The van der Waals surface area contributed by atoms with Crippen molar-refractivity contribution in [2.24, 2.45) is 0 Å². The molecule has 0 aliphatic rings. The molecule has 2 aromatic rings. The minimum absolute atomic E-state index is 0.278. The Bertz CT molecular complexity index is 729. The minimum atomic E-state index is -1.25. The predicted octanol–water partition coefficient (Wildman–Crippen LogP) is 2.08. The average molecular weight is 258 g/mol. The third-order valence-corrected chi connectivity index (χ3v) is 2.99. The number of hydrogen-bond acceptors (Lipinski definition) is 3. The van der Waals surface area contributed by atoms with Gasteiger partial charge in [0.15, 0.2) is 0 Å². The summed E-state index contributed by atoms with van der Waals surface area (Å²) >= 11 is 0. The minimum Gasteiger partial charge on any atom is -0.477 e. The van der Waals surface area contributed by atoms with Crippen LogP contribution in [0.4, 0.5) is 0 Å². The monoisotopic (exact) mass is 258 g/mol. The Morgan fingerprint density at radius 2 is 2.11 bits per heavy atom. The summed E-state index contributed by atoms with van der Waals surface area (Å²) in [4.78, 5) is 27.2. The Morgan fingerprint density at radius 1 is 1.42 bits per heavy atom. The first-order valence-corrected chi connectivity index (χ1v) is 5.85. The lowest BCUT2D eigenvalue weighted by Gasteiger charge is -2.08. The summed E-state index contributed by atoms with van der Waals surface area (Å²) in [6.45, 7) is 7.41. The Kier molecular flexibility index (Phi) is 3.21. The van der Waals surface area contributed by atoms with Crippen LogP contribution in [0.15, 0.2) is 35.9 Å². The molecule has 0 unspecified atom stereocenters. The highest BCUT2D eigenvalue weighted by atomic mass is 16.4. The number of carboxylic acids is 1. The van der Waals surface area contributed by atoms with Crippen LogP contribution >= 0.6 is 0 Å². The number of aliphatic carboxylic acids is 1. The molecular weight excluding hydrogens is 244 g/mol. The van der Waals surface area contributed by atoms with Crippen LogP contribution in [0.25, 0.3) is 16.6 Å². The maximum atomic E-state index is 12.2. The van der Waals surface area contributed by atoms with Crippen molar-refractivity contribution in [1.82, 2.24) is 9.55 Å². The zero-order chi connectivity index (χ0) is 14.2. The SMILES string of the molecule is C=C(C(=O)O)n1cnc2ccc(C(C)C)cc2c1=O. The Balaban J connectivity index is 2.72. The number of rotatable bonds is 3. The van der Waals surface area contributed by atoms with Crippen molar-refractivity contribution in [2.75, 3.05) is 0 Å². The van der Waals surface area contributed by atoms with E-state index in [0.29, 0.717) is 10.9 Å². The highest BCUT2D eigenvalue weighted by molar-refractivity contribution is 6.07. The molecule has 0 amide bonds. The molecule has 0 fully saturated rings. The number of carboxylic acid groups (broad SMARTS) is 1. The van der Waals surface area contributed by atoms with Gasteiger partial charge >= 0.3 is 5.97 Å². The molecule has 1 aromatic heterocycles. The normalized spacial score (nSPS) is 10.9. The van der Waals surface area contributed by atoms with Gasteiger partial charge in [0, 0.05) is 0 Å². The van der Waals surface area contributed by atoms with Crippen molar-refractivity contribution in [3.8, 4) is 0 Å².